The number of nitrogens with two attached hydrogens (primary N) is 1. The third kappa shape index (κ3) is 6.43. The minimum absolute atomic E-state index is 0. The number of aliphatic imine (C=N–C) groups is 1. The molecule has 0 aliphatic heterocycles. The van der Waals surface area contributed by atoms with Crippen molar-refractivity contribution in [3.05, 3.63) is 53.6 Å². The first-order valence-electron chi connectivity index (χ1n) is 7.52. The van der Waals surface area contributed by atoms with E-state index in [4.69, 9.17) is 19.9 Å². The number of methoxy groups -OCH3 is 3. The lowest BCUT2D eigenvalue weighted by Crippen LogP contribution is -2.22. The number of halogens is 1. The first-order valence-corrected chi connectivity index (χ1v) is 7.52. The van der Waals surface area contributed by atoms with Gasteiger partial charge in [-0.05, 0) is 23.3 Å². The van der Waals surface area contributed by atoms with Crippen LogP contribution in [-0.2, 0) is 17.9 Å². The minimum Gasteiger partial charge on any atom is -0.493 e. The van der Waals surface area contributed by atoms with E-state index in [9.17, 15) is 0 Å². The highest BCUT2D eigenvalue weighted by Gasteiger charge is 2.05. The van der Waals surface area contributed by atoms with E-state index in [-0.39, 0.29) is 24.0 Å². The van der Waals surface area contributed by atoms with Crippen molar-refractivity contribution >= 4 is 35.6 Å². The number of rotatable bonds is 7. The molecule has 0 saturated heterocycles. The SMILES string of the molecule is COCc1ccc(CN=C(N)Nc2ccc(OC)c(OC)c2)cc1.I. The second-order valence-electron chi connectivity index (χ2n) is 5.15. The molecule has 25 heavy (non-hydrogen) atoms. The van der Waals surface area contributed by atoms with Gasteiger partial charge in [0.25, 0.3) is 0 Å². The lowest BCUT2D eigenvalue weighted by atomic mass is 10.1. The van der Waals surface area contributed by atoms with Gasteiger partial charge in [0.05, 0.1) is 27.4 Å². The first-order chi connectivity index (χ1) is 11.7. The molecule has 3 N–H and O–H groups in total. The molecule has 0 spiro atoms. The second-order valence-corrected chi connectivity index (χ2v) is 5.15. The predicted molar refractivity (Wildman–Crippen MR) is 111 cm³/mol. The summed E-state index contributed by atoms with van der Waals surface area (Å²) >= 11 is 0. The van der Waals surface area contributed by atoms with E-state index in [1.807, 2.05) is 36.4 Å². The molecule has 7 heteroatoms. The maximum Gasteiger partial charge on any atom is 0.193 e. The normalized spacial score (nSPS) is 10.8. The third-order valence-electron chi connectivity index (χ3n) is 3.42. The number of nitrogens with one attached hydrogen (secondary N) is 1. The fraction of sp³-hybridized carbons (Fsp3) is 0.278. The minimum atomic E-state index is 0. The smallest absolute Gasteiger partial charge is 0.193 e. The lowest BCUT2D eigenvalue weighted by Gasteiger charge is -2.11. The summed E-state index contributed by atoms with van der Waals surface area (Å²) in [5.74, 6) is 1.63. The Bertz CT molecular complexity index is 690. The monoisotopic (exact) mass is 457 g/mol. The number of hydrogen-bond donors (Lipinski definition) is 2. The van der Waals surface area contributed by atoms with E-state index < -0.39 is 0 Å². The Labute approximate surface area is 165 Å². The fourth-order valence-electron chi connectivity index (χ4n) is 2.19. The summed E-state index contributed by atoms with van der Waals surface area (Å²) in [4.78, 5) is 4.34. The second kappa shape index (κ2) is 10.8. The Balaban J connectivity index is 0.00000312. The molecule has 0 radical (unpaired) electrons. The molecule has 0 fully saturated rings. The zero-order valence-electron chi connectivity index (χ0n) is 14.6. The molecular formula is C18H24IN3O3. The molecule has 136 valence electrons. The third-order valence-corrected chi connectivity index (χ3v) is 3.42. The van der Waals surface area contributed by atoms with E-state index in [1.54, 1.807) is 27.4 Å². The largest absolute Gasteiger partial charge is 0.493 e. The van der Waals surface area contributed by atoms with Gasteiger partial charge < -0.3 is 25.3 Å². The van der Waals surface area contributed by atoms with E-state index in [2.05, 4.69) is 10.3 Å². The first kappa shape index (κ1) is 21.0. The summed E-state index contributed by atoms with van der Waals surface area (Å²) in [5, 5.41) is 3.04. The van der Waals surface area contributed by atoms with Crippen molar-refractivity contribution in [3.63, 3.8) is 0 Å². The Morgan fingerprint density at radius 3 is 2.20 bits per heavy atom. The summed E-state index contributed by atoms with van der Waals surface area (Å²) in [6.07, 6.45) is 0. The van der Waals surface area contributed by atoms with Gasteiger partial charge in [0, 0.05) is 18.9 Å². The van der Waals surface area contributed by atoms with Crippen LogP contribution in [0.25, 0.3) is 0 Å². The van der Waals surface area contributed by atoms with Crippen molar-refractivity contribution in [2.75, 3.05) is 26.6 Å². The Morgan fingerprint density at radius 2 is 1.60 bits per heavy atom. The molecule has 0 unspecified atom stereocenters. The molecule has 0 amide bonds. The molecule has 0 aromatic heterocycles. The highest BCUT2D eigenvalue weighted by Crippen LogP contribution is 2.29. The van der Waals surface area contributed by atoms with Gasteiger partial charge in [-0.2, -0.15) is 0 Å². The van der Waals surface area contributed by atoms with Gasteiger partial charge in [0.15, 0.2) is 17.5 Å². The molecule has 0 saturated carbocycles. The van der Waals surface area contributed by atoms with Crippen molar-refractivity contribution in [3.8, 4) is 11.5 Å². The predicted octanol–water partition coefficient (Wildman–Crippen LogP) is 3.40. The molecule has 0 aliphatic rings. The highest BCUT2D eigenvalue weighted by molar-refractivity contribution is 14.0. The van der Waals surface area contributed by atoms with Gasteiger partial charge in [-0.1, -0.05) is 24.3 Å². The molecule has 0 aliphatic carbocycles. The Kier molecular flexibility index (Phi) is 9.07. The van der Waals surface area contributed by atoms with Crippen molar-refractivity contribution in [2.24, 2.45) is 10.7 Å². The van der Waals surface area contributed by atoms with Crippen LogP contribution < -0.4 is 20.5 Å². The Morgan fingerprint density at radius 1 is 0.960 bits per heavy atom. The summed E-state index contributed by atoms with van der Waals surface area (Å²) in [5.41, 5.74) is 8.92. The van der Waals surface area contributed by atoms with Gasteiger partial charge in [0.1, 0.15) is 0 Å². The average Bonchev–Trinajstić information content (AvgIpc) is 2.61. The van der Waals surface area contributed by atoms with Crippen molar-refractivity contribution in [1.29, 1.82) is 0 Å². The molecule has 2 aromatic carbocycles. The van der Waals surface area contributed by atoms with Crippen LogP contribution in [0.2, 0.25) is 0 Å². The summed E-state index contributed by atoms with van der Waals surface area (Å²) in [7, 11) is 4.86. The molecule has 0 heterocycles. The van der Waals surface area contributed by atoms with Crippen LogP contribution in [0.4, 0.5) is 5.69 Å². The quantitative estimate of drug-likeness (QED) is 0.379. The molecule has 0 atom stereocenters. The van der Waals surface area contributed by atoms with Crippen LogP contribution in [0.3, 0.4) is 0 Å². The van der Waals surface area contributed by atoms with Crippen LogP contribution in [0.1, 0.15) is 11.1 Å². The van der Waals surface area contributed by atoms with Crippen LogP contribution in [0.15, 0.2) is 47.5 Å². The van der Waals surface area contributed by atoms with Crippen LogP contribution in [-0.4, -0.2) is 27.3 Å². The van der Waals surface area contributed by atoms with Gasteiger partial charge >= 0.3 is 0 Å². The number of anilines is 1. The number of benzene rings is 2. The van der Waals surface area contributed by atoms with Crippen molar-refractivity contribution < 1.29 is 14.2 Å². The molecular weight excluding hydrogens is 433 g/mol. The van der Waals surface area contributed by atoms with Crippen molar-refractivity contribution in [1.82, 2.24) is 0 Å². The van der Waals surface area contributed by atoms with Gasteiger partial charge in [-0.25, -0.2) is 4.99 Å². The number of ether oxygens (including phenoxy) is 3. The zero-order chi connectivity index (χ0) is 17.4. The lowest BCUT2D eigenvalue weighted by molar-refractivity contribution is 0.185. The van der Waals surface area contributed by atoms with E-state index in [0.29, 0.717) is 30.6 Å². The molecule has 0 bridgehead atoms. The van der Waals surface area contributed by atoms with E-state index in [0.717, 1.165) is 16.8 Å². The van der Waals surface area contributed by atoms with E-state index >= 15 is 0 Å². The number of guanidine groups is 1. The van der Waals surface area contributed by atoms with E-state index in [1.165, 1.54) is 0 Å². The van der Waals surface area contributed by atoms with Crippen molar-refractivity contribution in [2.45, 2.75) is 13.2 Å². The maximum atomic E-state index is 5.94. The Hall–Kier alpha value is -2.00. The maximum absolute atomic E-state index is 5.94. The fourth-order valence-corrected chi connectivity index (χ4v) is 2.19. The standard InChI is InChI=1S/C18H23N3O3.HI/c1-22-12-14-6-4-13(5-7-14)11-20-18(19)21-15-8-9-16(23-2)17(10-15)24-3;/h4-10H,11-12H2,1-3H3,(H3,19,20,21);1H. The summed E-state index contributed by atoms with van der Waals surface area (Å²) < 4.78 is 15.6. The van der Waals surface area contributed by atoms with Crippen LogP contribution in [0, 0.1) is 0 Å². The molecule has 2 aromatic rings. The number of hydrogen-bond acceptors (Lipinski definition) is 4. The highest BCUT2D eigenvalue weighted by atomic mass is 127. The van der Waals surface area contributed by atoms with Crippen LogP contribution >= 0.6 is 24.0 Å². The molecule has 6 nitrogen and oxygen atoms in total. The zero-order valence-corrected chi connectivity index (χ0v) is 16.9. The number of nitrogens with zero attached hydrogens (tertiary/aromatic N) is 1. The van der Waals surface area contributed by atoms with Gasteiger partial charge in [0.2, 0.25) is 0 Å². The summed E-state index contributed by atoms with van der Waals surface area (Å²) in [6.45, 7) is 1.10. The van der Waals surface area contributed by atoms with Crippen LogP contribution in [0.5, 0.6) is 11.5 Å². The van der Waals surface area contributed by atoms with Gasteiger partial charge in [-0.3, -0.25) is 0 Å². The average molecular weight is 457 g/mol. The summed E-state index contributed by atoms with van der Waals surface area (Å²) in [6, 6.07) is 13.5. The topological polar surface area (TPSA) is 78.1 Å². The molecule has 2 rings (SSSR count). The van der Waals surface area contributed by atoms with Gasteiger partial charge in [-0.15, -0.1) is 24.0 Å².